The van der Waals surface area contributed by atoms with Crippen LogP contribution in [0, 0.1) is 28.5 Å². The molecule has 1 atom stereocenters. The van der Waals surface area contributed by atoms with E-state index in [0.29, 0.717) is 27.8 Å². The Bertz CT molecular complexity index is 1220. The van der Waals surface area contributed by atoms with Gasteiger partial charge in [-0.1, -0.05) is 50.6 Å². The van der Waals surface area contributed by atoms with Gasteiger partial charge in [0.15, 0.2) is 0 Å². The molecule has 1 aliphatic carbocycles. The third kappa shape index (κ3) is 5.29. The zero-order valence-corrected chi connectivity index (χ0v) is 20.6. The van der Waals surface area contributed by atoms with Gasteiger partial charge in [-0.3, -0.25) is 0 Å². The fraction of sp³-hybridized carbons (Fsp3) is 0.333. The van der Waals surface area contributed by atoms with E-state index in [4.69, 9.17) is 16.3 Å². The van der Waals surface area contributed by atoms with Crippen molar-refractivity contribution in [1.82, 2.24) is 0 Å². The maximum atomic E-state index is 14.0. The Hall–Kier alpha value is -2.68. The molecule has 2 aromatic carbocycles. The van der Waals surface area contributed by atoms with E-state index in [1.807, 2.05) is 24.3 Å². The molecule has 0 N–H and O–H groups in total. The maximum Gasteiger partial charge on any atom is 0.134 e. The highest BCUT2D eigenvalue weighted by atomic mass is 35.5. The van der Waals surface area contributed by atoms with Crippen molar-refractivity contribution in [2.45, 2.75) is 46.6 Å². The standard InChI is InChI=1S/C27H26ClFN2OS/c1-27(2,3)18-10-11-20-21(14-30)26(33-25(20)13-18)31-15-17-6-4-7-19(12-17)32-16-22-23(28)8-5-9-24(22)29/h4-9,12,15,18H,10-11,13,16H2,1-3H3/t18-/m1/s1. The molecule has 0 radical (unpaired) electrons. The number of nitriles is 1. The van der Waals surface area contributed by atoms with Gasteiger partial charge in [0, 0.05) is 16.7 Å². The first-order chi connectivity index (χ1) is 15.8. The van der Waals surface area contributed by atoms with Gasteiger partial charge in [0.25, 0.3) is 0 Å². The second-order valence-electron chi connectivity index (χ2n) is 9.42. The van der Waals surface area contributed by atoms with Crippen LogP contribution in [0.4, 0.5) is 9.39 Å². The zero-order valence-electron chi connectivity index (χ0n) is 19.0. The number of fused-ring (bicyclic) bond motifs is 1. The van der Waals surface area contributed by atoms with E-state index in [1.165, 1.54) is 16.5 Å². The van der Waals surface area contributed by atoms with Crippen LogP contribution in [0.15, 0.2) is 47.5 Å². The number of aliphatic imine (C=N–C) groups is 1. The molecule has 0 saturated carbocycles. The summed E-state index contributed by atoms with van der Waals surface area (Å²) < 4.78 is 19.8. The lowest BCUT2D eigenvalue weighted by molar-refractivity contribution is 0.218. The second kappa shape index (κ2) is 9.67. The summed E-state index contributed by atoms with van der Waals surface area (Å²) in [5, 5.41) is 10.9. The molecule has 33 heavy (non-hydrogen) atoms. The largest absolute Gasteiger partial charge is 0.489 e. The predicted octanol–water partition coefficient (Wildman–Crippen LogP) is 7.89. The molecule has 1 heterocycles. The van der Waals surface area contributed by atoms with Gasteiger partial charge in [0.05, 0.1) is 10.6 Å². The van der Waals surface area contributed by atoms with Crippen LogP contribution in [0.25, 0.3) is 0 Å². The number of hydrogen-bond donors (Lipinski definition) is 0. The Labute approximate surface area is 203 Å². The van der Waals surface area contributed by atoms with E-state index in [2.05, 4.69) is 31.8 Å². The number of benzene rings is 2. The normalized spacial score (nSPS) is 15.9. The average Bonchev–Trinajstić information content (AvgIpc) is 3.14. The van der Waals surface area contributed by atoms with Gasteiger partial charge in [0.1, 0.15) is 29.2 Å². The summed E-state index contributed by atoms with van der Waals surface area (Å²) in [6, 6.07) is 14.4. The minimum atomic E-state index is -0.389. The molecule has 3 aromatic rings. The highest BCUT2D eigenvalue weighted by molar-refractivity contribution is 7.16. The molecule has 0 aliphatic heterocycles. The third-order valence-electron chi connectivity index (χ3n) is 6.22. The van der Waals surface area contributed by atoms with Crippen LogP contribution in [-0.4, -0.2) is 6.21 Å². The molecule has 1 aromatic heterocycles. The molecule has 1 aliphatic rings. The molecule has 170 valence electrons. The molecule has 0 bridgehead atoms. The van der Waals surface area contributed by atoms with E-state index in [1.54, 1.807) is 29.7 Å². The fourth-order valence-corrected chi connectivity index (χ4v) is 5.60. The number of thiophene rings is 1. The van der Waals surface area contributed by atoms with Crippen molar-refractivity contribution < 1.29 is 9.13 Å². The van der Waals surface area contributed by atoms with Crippen LogP contribution in [0.5, 0.6) is 5.75 Å². The van der Waals surface area contributed by atoms with Crippen LogP contribution >= 0.6 is 22.9 Å². The van der Waals surface area contributed by atoms with Crippen molar-refractivity contribution in [3.63, 3.8) is 0 Å². The molecule has 3 nitrogen and oxygen atoms in total. The quantitative estimate of drug-likeness (QED) is 0.348. The van der Waals surface area contributed by atoms with Gasteiger partial charge in [-0.15, -0.1) is 11.3 Å². The Morgan fingerprint density at radius 1 is 1.27 bits per heavy atom. The average molecular weight is 481 g/mol. The van der Waals surface area contributed by atoms with Crippen molar-refractivity contribution >= 4 is 34.2 Å². The summed E-state index contributed by atoms with van der Waals surface area (Å²) in [4.78, 5) is 5.96. The van der Waals surface area contributed by atoms with Crippen molar-refractivity contribution in [3.05, 3.63) is 80.4 Å². The summed E-state index contributed by atoms with van der Waals surface area (Å²) in [6.45, 7) is 6.90. The third-order valence-corrected chi connectivity index (χ3v) is 7.73. The minimum absolute atomic E-state index is 0.0390. The first-order valence-electron chi connectivity index (χ1n) is 11.0. The van der Waals surface area contributed by atoms with E-state index < -0.39 is 0 Å². The molecular formula is C27H26ClFN2OS. The van der Waals surface area contributed by atoms with Gasteiger partial charge in [-0.2, -0.15) is 5.26 Å². The summed E-state index contributed by atoms with van der Waals surface area (Å²) in [5.74, 6) is 0.820. The Morgan fingerprint density at radius 2 is 2.06 bits per heavy atom. The fourth-order valence-electron chi connectivity index (χ4n) is 4.16. The van der Waals surface area contributed by atoms with Crippen LogP contribution in [-0.2, 0) is 19.4 Å². The molecular weight excluding hydrogens is 455 g/mol. The Kier molecular flexibility index (Phi) is 6.88. The molecule has 0 spiro atoms. The first-order valence-corrected chi connectivity index (χ1v) is 12.2. The molecule has 0 fully saturated rings. The lowest BCUT2D eigenvalue weighted by atomic mass is 9.72. The summed E-state index contributed by atoms with van der Waals surface area (Å²) in [6.07, 6.45) is 4.81. The van der Waals surface area contributed by atoms with Gasteiger partial charge < -0.3 is 4.74 Å². The summed E-state index contributed by atoms with van der Waals surface area (Å²) >= 11 is 7.72. The summed E-state index contributed by atoms with van der Waals surface area (Å²) in [7, 11) is 0. The van der Waals surface area contributed by atoms with Crippen molar-refractivity contribution in [2.75, 3.05) is 0 Å². The summed E-state index contributed by atoms with van der Waals surface area (Å²) in [5.41, 5.74) is 3.31. The Morgan fingerprint density at radius 3 is 2.79 bits per heavy atom. The van der Waals surface area contributed by atoms with Crippen LogP contribution in [0.3, 0.4) is 0 Å². The van der Waals surface area contributed by atoms with Gasteiger partial charge >= 0.3 is 0 Å². The lowest BCUT2D eigenvalue weighted by Gasteiger charge is -2.33. The van der Waals surface area contributed by atoms with Crippen molar-refractivity contribution in [3.8, 4) is 11.8 Å². The van der Waals surface area contributed by atoms with Crippen LogP contribution in [0.1, 0.15) is 54.3 Å². The number of nitrogens with zero attached hydrogens (tertiary/aromatic N) is 2. The second-order valence-corrected chi connectivity index (χ2v) is 10.9. The number of ether oxygens (including phenoxy) is 1. The highest BCUT2D eigenvalue weighted by Gasteiger charge is 2.32. The first kappa shape index (κ1) is 23.5. The van der Waals surface area contributed by atoms with Crippen molar-refractivity contribution in [1.29, 1.82) is 5.26 Å². The SMILES string of the molecule is CC(C)(C)[C@@H]1CCc2c(sc(N=Cc3cccc(OCc4c(F)cccc4Cl)c3)c2C#N)C1. The highest BCUT2D eigenvalue weighted by Crippen LogP contribution is 2.44. The number of halogens is 2. The van der Waals surface area contributed by atoms with E-state index in [9.17, 15) is 9.65 Å². The molecule has 4 rings (SSSR count). The van der Waals surface area contributed by atoms with E-state index >= 15 is 0 Å². The van der Waals surface area contributed by atoms with Crippen LogP contribution in [0.2, 0.25) is 5.02 Å². The van der Waals surface area contributed by atoms with Crippen LogP contribution < -0.4 is 4.74 Å². The van der Waals surface area contributed by atoms with E-state index in [-0.39, 0.29) is 17.8 Å². The van der Waals surface area contributed by atoms with E-state index in [0.717, 1.165) is 29.8 Å². The maximum absolute atomic E-state index is 14.0. The Balaban J connectivity index is 1.51. The van der Waals surface area contributed by atoms with Gasteiger partial charge in [-0.25, -0.2) is 9.38 Å². The lowest BCUT2D eigenvalue weighted by Crippen LogP contribution is -2.26. The van der Waals surface area contributed by atoms with Crippen molar-refractivity contribution in [2.24, 2.45) is 16.3 Å². The van der Waals surface area contributed by atoms with Gasteiger partial charge in [-0.05, 0) is 66.0 Å². The molecule has 6 heteroatoms. The number of hydrogen-bond acceptors (Lipinski definition) is 4. The molecule has 0 amide bonds. The van der Waals surface area contributed by atoms with Gasteiger partial charge in [0.2, 0.25) is 0 Å². The monoisotopic (exact) mass is 480 g/mol. The smallest absolute Gasteiger partial charge is 0.134 e. The molecule has 0 unspecified atom stereocenters. The number of rotatable bonds is 5. The minimum Gasteiger partial charge on any atom is -0.489 e. The molecule has 0 saturated heterocycles. The topological polar surface area (TPSA) is 45.4 Å². The zero-order chi connectivity index (χ0) is 23.6. The predicted molar refractivity (Wildman–Crippen MR) is 133 cm³/mol.